The van der Waals surface area contributed by atoms with Crippen molar-refractivity contribution in [2.45, 2.75) is 24.3 Å². The number of carbonyl (C=O) groups is 1. The van der Waals surface area contributed by atoms with Crippen molar-refractivity contribution in [1.82, 2.24) is 0 Å². The van der Waals surface area contributed by atoms with E-state index in [4.69, 9.17) is 10.00 Å². The third-order valence-electron chi connectivity index (χ3n) is 5.17. The number of hydrogen-bond donors (Lipinski definition) is 0. The average Bonchev–Trinajstić information content (AvgIpc) is 2.82. The summed E-state index contributed by atoms with van der Waals surface area (Å²) in [4.78, 5) is 12.5. The third-order valence-corrected chi connectivity index (χ3v) is 7.00. The van der Waals surface area contributed by atoms with Gasteiger partial charge in [0.2, 0.25) is 0 Å². The van der Waals surface area contributed by atoms with E-state index in [1.54, 1.807) is 24.3 Å². The number of benzene rings is 3. The summed E-state index contributed by atoms with van der Waals surface area (Å²) in [6, 6.07) is 22.1. The van der Waals surface area contributed by atoms with Crippen LogP contribution >= 0.6 is 0 Å². The molecule has 0 aromatic heterocycles. The molecule has 0 atom stereocenters. The van der Waals surface area contributed by atoms with Crippen molar-refractivity contribution >= 4 is 21.7 Å². The second-order valence-electron chi connectivity index (χ2n) is 7.22. The summed E-state index contributed by atoms with van der Waals surface area (Å²) in [5.41, 5.74) is 3.17. The van der Waals surface area contributed by atoms with Crippen LogP contribution in [0.4, 0.5) is 5.69 Å². The van der Waals surface area contributed by atoms with Gasteiger partial charge in [0.1, 0.15) is 6.61 Å². The number of aryl methyl sites for hydroxylation is 1. The van der Waals surface area contributed by atoms with E-state index in [2.05, 4.69) is 0 Å². The number of nitriles is 1. The largest absolute Gasteiger partial charge is 0.457 e. The fraction of sp³-hybridized carbons (Fsp3) is 0.167. The van der Waals surface area contributed by atoms with Gasteiger partial charge in [0.05, 0.1) is 27.8 Å². The highest BCUT2D eigenvalue weighted by atomic mass is 32.2. The molecular formula is C24H20N2O4S. The number of nitrogens with zero attached hydrogens (tertiary/aromatic N) is 2. The molecule has 1 aliphatic rings. The molecule has 0 aliphatic carbocycles. The highest BCUT2D eigenvalue weighted by Crippen LogP contribution is 2.31. The number of rotatable bonds is 5. The molecular weight excluding hydrogens is 412 g/mol. The van der Waals surface area contributed by atoms with Gasteiger partial charge in [-0.2, -0.15) is 5.26 Å². The van der Waals surface area contributed by atoms with Gasteiger partial charge in [0.15, 0.2) is 0 Å². The Morgan fingerprint density at radius 3 is 2.58 bits per heavy atom. The molecule has 1 aliphatic heterocycles. The van der Waals surface area contributed by atoms with Gasteiger partial charge in [-0.05, 0) is 66.4 Å². The zero-order chi connectivity index (χ0) is 21.8. The van der Waals surface area contributed by atoms with Gasteiger partial charge in [0, 0.05) is 6.54 Å². The third kappa shape index (κ3) is 4.30. The van der Waals surface area contributed by atoms with Crippen molar-refractivity contribution < 1.29 is 17.9 Å². The van der Waals surface area contributed by atoms with Crippen LogP contribution in [0.3, 0.4) is 0 Å². The summed E-state index contributed by atoms with van der Waals surface area (Å²) in [7, 11) is -3.73. The van der Waals surface area contributed by atoms with Crippen LogP contribution in [0, 0.1) is 11.3 Å². The maximum Gasteiger partial charge on any atom is 0.338 e. The van der Waals surface area contributed by atoms with Crippen LogP contribution < -0.4 is 4.31 Å². The van der Waals surface area contributed by atoms with Crippen LogP contribution in [0.25, 0.3) is 0 Å². The molecule has 0 spiro atoms. The zero-order valence-corrected chi connectivity index (χ0v) is 17.5. The lowest BCUT2D eigenvalue weighted by Crippen LogP contribution is -2.35. The molecule has 0 amide bonds. The second kappa shape index (κ2) is 8.62. The highest BCUT2D eigenvalue weighted by Gasteiger charge is 2.29. The smallest absolute Gasteiger partial charge is 0.338 e. The maximum atomic E-state index is 13.2. The molecule has 3 aromatic carbocycles. The molecule has 3 aromatic rings. The van der Waals surface area contributed by atoms with Crippen molar-refractivity contribution in [1.29, 1.82) is 5.26 Å². The monoisotopic (exact) mass is 432 g/mol. The first-order chi connectivity index (χ1) is 15.0. The maximum absolute atomic E-state index is 13.2. The van der Waals surface area contributed by atoms with Crippen LogP contribution in [-0.2, 0) is 27.8 Å². The van der Waals surface area contributed by atoms with E-state index < -0.39 is 16.0 Å². The molecule has 1 heterocycles. The minimum absolute atomic E-state index is 0.0268. The van der Waals surface area contributed by atoms with Gasteiger partial charge >= 0.3 is 5.97 Å². The topological polar surface area (TPSA) is 87.5 Å². The molecule has 0 fully saturated rings. The summed E-state index contributed by atoms with van der Waals surface area (Å²) in [5, 5.41) is 8.95. The predicted octanol–water partition coefficient (Wildman–Crippen LogP) is 4.06. The summed E-state index contributed by atoms with van der Waals surface area (Å²) in [6.07, 6.45) is 1.61. The van der Waals surface area contributed by atoms with Gasteiger partial charge in [-0.25, -0.2) is 13.2 Å². The average molecular weight is 433 g/mol. The molecule has 156 valence electrons. The summed E-state index contributed by atoms with van der Waals surface area (Å²) in [6.45, 7) is 0.448. The van der Waals surface area contributed by atoms with Crippen molar-refractivity contribution in [3.05, 3.63) is 95.1 Å². The molecule has 7 heteroatoms. The number of carbonyl (C=O) groups excluding carboxylic acids is 1. The summed E-state index contributed by atoms with van der Waals surface area (Å²) >= 11 is 0. The molecule has 6 nitrogen and oxygen atoms in total. The quantitative estimate of drug-likeness (QED) is 0.568. The molecule has 0 unspecified atom stereocenters. The van der Waals surface area contributed by atoms with Crippen molar-refractivity contribution in [2.75, 3.05) is 10.8 Å². The van der Waals surface area contributed by atoms with Crippen LogP contribution in [0.5, 0.6) is 0 Å². The molecule has 0 bridgehead atoms. The minimum atomic E-state index is -3.73. The zero-order valence-electron chi connectivity index (χ0n) is 16.7. The van der Waals surface area contributed by atoms with Crippen LogP contribution in [0.1, 0.15) is 33.5 Å². The molecule has 0 saturated carbocycles. The Hall–Kier alpha value is -3.63. The molecule has 0 N–H and O–H groups in total. The summed E-state index contributed by atoms with van der Waals surface area (Å²) < 4.78 is 33.1. The Morgan fingerprint density at radius 1 is 1.03 bits per heavy atom. The first kappa shape index (κ1) is 20.6. The Labute approximate surface area is 181 Å². The lowest BCUT2D eigenvalue weighted by Gasteiger charge is -2.30. The summed E-state index contributed by atoms with van der Waals surface area (Å²) in [5.74, 6) is -0.561. The molecule has 31 heavy (non-hydrogen) atoms. The van der Waals surface area contributed by atoms with E-state index in [9.17, 15) is 13.2 Å². The lowest BCUT2D eigenvalue weighted by molar-refractivity contribution is 0.0472. The lowest BCUT2D eigenvalue weighted by atomic mass is 10.0. The van der Waals surface area contributed by atoms with Gasteiger partial charge in [-0.1, -0.05) is 30.3 Å². The van der Waals surface area contributed by atoms with Crippen molar-refractivity contribution in [3.63, 3.8) is 0 Å². The van der Waals surface area contributed by atoms with E-state index >= 15 is 0 Å². The number of hydrogen-bond acceptors (Lipinski definition) is 5. The van der Waals surface area contributed by atoms with E-state index in [1.807, 2.05) is 30.3 Å². The standard InChI is InChI=1S/C24H20N2O4S/c25-16-18-5-3-6-19(15-18)17-30-24(27)21-10-12-22(13-11-21)31(28,29)26-14-4-8-20-7-1-2-9-23(20)26/h1-3,5-7,9-13,15H,4,8,14,17H2. The normalized spacial score (nSPS) is 13.2. The predicted molar refractivity (Wildman–Crippen MR) is 116 cm³/mol. The number of anilines is 1. The van der Waals surface area contributed by atoms with E-state index in [1.165, 1.54) is 28.6 Å². The second-order valence-corrected chi connectivity index (χ2v) is 9.08. The minimum Gasteiger partial charge on any atom is -0.457 e. The van der Waals surface area contributed by atoms with Gasteiger partial charge in [-0.15, -0.1) is 0 Å². The van der Waals surface area contributed by atoms with Crippen LogP contribution in [0.15, 0.2) is 77.7 Å². The fourth-order valence-electron chi connectivity index (χ4n) is 3.60. The molecule has 0 radical (unpaired) electrons. The van der Waals surface area contributed by atoms with E-state index in [-0.39, 0.29) is 17.1 Å². The fourth-order valence-corrected chi connectivity index (χ4v) is 5.14. The Kier molecular flexibility index (Phi) is 5.74. The molecule has 4 rings (SSSR count). The van der Waals surface area contributed by atoms with Crippen molar-refractivity contribution in [2.24, 2.45) is 0 Å². The molecule has 0 saturated heterocycles. The van der Waals surface area contributed by atoms with E-state index in [0.29, 0.717) is 23.4 Å². The number of esters is 1. The Balaban J connectivity index is 1.49. The first-order valence-electron chi connectivity index (χ1n) is 9.86. The van der Waals surface area contributed by atoms with Crippen molar-refractivity contribution in [3.8, 4) is 6.07 Å². The first-order valence-corrected chi connectivity index (χ1v) is 11.3. The Bertz CT molecular complexity index is 1260. The van der Waals surface area contributed by atoms with Gasteiger partial charge < -0.3 is 4.74 Å². The number of fused-ring (bicyclic) bond motifs is 1. The SMILES string of the molecule is N#Cc1cccc(COC(=O)c2ccc(S(=O)(=O)N3CCCc4ccccc43)cc2)c1. The van der Waals surface area contributed by atoms with Crippen LogP contribution in [-0.4, -0.2) is 20.9 Å². The number of sulfonamides is 1. The van der Waals surface area contributed by atoms with Gasteiger partial charge in [-0.3, -0.25) is 4.31 Å². The highest BCUT2D eigenvalue weighted by molar-refractivity contribution is 7.92. The Morgan fingerprint density at radius 2 is 1.81 bits per heavy atom. The van der Waals surface area contributed by atoms with Gasteiger partial charge in [0.25, 0.3) is 10.0 Å². The number of para-hydroxylation sites is 1. The van der Waals surface area contributed by atoms with E-state index in [0.717, 1.165) is 18.4 Å². The number of ether oxygens (including phenoxy) is 1. The van der Waals surface area contributed by atoms with Crippen LogP contribution in [0.2, 0.25) is 0 Å².